The minimum Gasteiger partial charge on any atom is -0.296 e. The molecule has 2 heterocycles. The molecule has 0 radical (unpaired) electrons. The van der Waals surface area contributed by atoms with Crippen LogP contribution in [0.3, 0.4) is 0 Å². The van der Waals surface area contributed by atoms with Crippen LogP contribution in [-0.2, 0) is 14.9 Å². The average Bonchev–Trinajstić information content (AvgIpc) is 2.28. The van der Waals surface area contributed by atoms with Gasteiger partial charge in [0.2, 0.25) is 17.8 Å². The van der Waals surface area contributed by atoms with E-state index in [0.717, 1.165) is 5.56 Å². The number of amides is 2. The molecule has 0 aliphatic carbocycles. The van der Waals surface area contributed by atoms with E-state index < -0.39 is 17.8 Å². The summed E-state index contributed by atoms with van der Waals surface area (Å²) in [7, 11) is 0. The van der Waals surface area contributed by atoms with Crippen molar-refractivity contribution in [1.82, 2.24) is 10.3 Å². The molecule has 1 unspecified atom stereocenters. The van der Waals surface area contributed by atoms with Crippen molar-refractivity contribution in [2.24, 2.45) is 0 Å². The number of carbonyl (C=O) groups excluding carboxylic acids is 2. The first kappa shape index (κ1) is 12.2. The summed E-state index contributed by atoms with van der Waals surface area (Å²) >= 11 is 3.23. The predicted octanol–water partition coefficient (Wildman–Crippen LogP) is 1.64. The van der Waals surface area contributed by atoms with Crippen LogP contribution in [0.2, 0.25) is 0 Å². The van der Waals surface area contributed by atoms with Gasteiger partial charge in [-0.25, -0.2) is 4.98 Å². The van der Waals surface area contributed by atoms with E-state index in [1.807, 2.05) is 0 Å². The lowest BCUT2D eigenvalue weighted by atomic mass is 9.94. The number of pyridine rings is 1. The van der Waals surface area contributed by atoms with Crippen molar-refractivity contribution in [2.45, 2.75) is 24.1 Å². The van der Waals surface area contributed by atoms with E-state index in [1.54, 1.807) is 6.07 Å². The van der Waals surface area contributed by atoms with Crippen LogP contribution in [0.15, 0.2) is 12.1 Å². The predicted molar refractivity (Wildman–Crippen MR) is 62.0 cm³/mol. The SMILES string of the molecule is O=C1CCC(c2cc(CBr)cc(F)n2)C(=O)N1. The van der Waals surface area contributed by atoms with Crippen LogP contribution in [0, 0.1) is 5.95 Å². The lowest BCUT2D eigenvalue weighted by Crippen LogP contribution is -2.39. The van der Waals surface area contributed by atoms with Crippen LogP contribution >= 0.6 is 15.9 Å². The van der Waals surface area contributed by atoms with Crippen molar-refractivity contribution in [2.75, 3.05) is 0 Å². The molecular weight excluding hydrogens is 291 g/mol. The Balaban J connectivity index is 2.30. The second kappa shape index (κ2) is 4.91. The second-order valence-corrected chi connectivity index (χ2v) is 4.42. The number of halogens is 2. The zero-order chi connectivity index (χ0) is 12.4. The molecule has 1 aliphatic rings. The first-order chi connectivity index (χ1) is 8.10. The molecule has 1 aliphatic heterocycles. The number of nitrogens with zero attached hydrogens (tertiary/aromatic N) is 1. The van der Waals surface area contributed by atoms with Gasteiger partial charge in [-0.15, -0.1) is 0 Å². The monoisotopic (exact) mass is 300 g/mol. The van der Waals surface area contributed by atoms with Gasteiger partial charge in [0, 0.05) is 11.8 Å². The number of piperidine rings is 1. The molecule has 1 N–H and O–H groups in total. The van der Waals surface area contributed by atoms with Gasteiger partial charge < -0.3 is 0 Å². The number of nitrogens with one attached hydrogen (secondary N) is 1. The van der Waals surface area contributed by atoms with E-state index in [9.17, 15) is 14.0 Å². The van der Waals surface area contributed by atoms with Gasteiger partial charge in [0.1, 0.15) is 0 Å². The van der Waals surface area contributed by atoms with Gasteiger partial charge in [0.05, 0.1) is 11.6 Å². The number of hydrogen-bond acceptors (Lipinski definition) is 3. The Morgan fingerprint density at radius 3 is 2.88 bits per heavy atom. The largest absolute Gasteiger partial charge is 0.296 e. The number of aromatic nitrogens is 1. The summed E-state index contributed by atoms with van der Waals surface area (Å²) in [5.41, 5.74) is 1.10. The van der Waals surface area contributed by atoms with Gasteiger partial charge in [0.25, 0.3) is 0 Å². The van der Waals surface area contributed by atoms with Gasteiger partial charge in [-0.3, -0.25) is 14.9 Å². The number of imide groups is 1. The third-order valence-electron chi connectivity index (χ3n) is 2.62. The smallest absolute Gasteiger partial charge is 0.235 e. The molecule has 1 aromatic heterocycles. The standard InChI is InChI=1S/C11H10BrFN2O2/c12-5-6-3-8(14-9(13)4-6)7-1-2-10(16)15-11(7)17/h3-4,7H,1-2,5H2,(H,15,16,17). The molecule has 90 valence electrons. The van der Waals surface area contributed by atoms with Crippen molar-refractivity contribution < 1.29 is 14.0 Å². The summed E-state index contributed by atoms with van der Waals surface area (Å²) in [6, 6.07) is 2.99. The van der Waals surface area contributed by atoms with Crippen LogP contribution in [-0.4, -0.2) is 16.8 Å². The van der Waals surface area contributed by atoms with Crippen LogP contribution < -0.4 is 5.32 Å². The van der Waals surface area contributed by atoms with Gasteiger partial charge in [-0.05, 0) is 24.1 Å². The fraction of sp³-hybridized carbons (Fsp3) is 0.364. The Labute approximate surface area is 106 Å². The maximum absolute atomic E-state index is 13.2. The normalized spacial score (nSPS) is 20.2. The summed E-state index contributed by atoms with van der Waals surface area (Å²) in [6.45, 7) is 0. The molecule has 0 aromatic carbocycles. The molecule has 4 nitrogen and oxygen atoms in total. The van der Waals surface area contributed by atoms with Crippen LogP contribution in [0.5, 0.6) is 0 Å². The maximum atomic E-state index is 13.2. The summed E-state index contributed by atoms with van der Waals surface area (Å²) in [5.74, 6) is -1.84. The Kier molecular flexibility index (Phi) is 3.51. The molecule has 1 aromatic rings. The molecule has 1 saturated heterocycles. The zero-order valence-electron chi connectivity index (χ0n) is 8.87. The van der Waals surface area contributed by atoms with Gasteiger partial charge in [0.15, 0.2) is 0 Å². The minimum atomic E-state index is -0.610. The highest BCUT2D eigenvalue weighted by Crippen LogP contribution is 2.24. The van der Waals surface area contributed by atoms with Crippen LogP contribution in [0.4, 0.5) is 4.39 Å². The number of hydrogen-bond donors (Lipinski definition) is 1. The van der Waals surface area contributed by atoms with Gasteiger partial charge in [-0.2, -0.15) is 4.39 Å². The lowest BCUT2D eigenvalue weighted by Gasteiger charge is -2.20. The molecule has 2 amide bonds. The summed E-state index contributed by atoms with van der Waals surface area (Å²) in [4.78, 5) is 26.3. The summed E-state index contributed by atoms with van der Waals surface area (Å²) in [5, 5.41) is 2.73. The van der Waals surface area contributed by atoms with E-state index in [2.05, 4.69) is 26.2 Å². The van der Waals surface area contributed by atoms with Gasteiger partial charge >= 0.3 is 0 Å². The Morgan fingerprint density at radius 2 is 2.24 bits per heavy atom. The van der Waals surface area contributed by atoms with Crippen LogP contribution in [0.25, 0.3) is 0 Å². The second-order valence-electron chi connectivity index (χ2n) is 3.86. The topological polar surface area (TPSA) is 59.1 Å². The molecule has 17 heavy (non-hydrogen) atoms. The fourth-order valence-corrected chi connectivity index (χ4v) is 2.13. The van der Waals surface area contributed by atoms with E-state index >= 15 is 0 Å². The number of carbonyl (C=O) groups is 2. The summed E-state index contributed by atoms with van der Waals surface area (Å²) in [6.07, 6.45) is 0.640. The van der Waals surface area contributed by atoms with Crippen molar-refractivity contribution >= 4 is 27.7 Å². The molecule has 0 saturated carbocycles. The Morgan fingerprint density at radius 1 is 1.47 bits per heavy atom. The summed E-state index contributed by atoms with van der Waals surface area (Å²) < 4.78 is 13.2. The first-order valence-corrected chi connectivity index (χ1v) is 6.28. The maximum Gasteiger partial charge on any atom is 0.235 e. The number of rotatable bonds is 2. The first-order valence-electron chi connectivity index (χ1n) is 5.16. The van der Waals surface area contributed by atoms with Gasteiger partial charge in [-0.1, -0.05) is 15.9 Å². The third kappa shape index (κ3) is 2.69. The van der Waals surface area contributed by atoms with E-state index in [1.165, 1.54) is 6.07 Å². The molecular formula is C11H10BrFN2O2. The molecule has 0 bridgehead atoms. The van der Waals surface area contributed by atoms with E-state index in [0.29, 0.717) is 17.4 Å². The molecule has 1 fully saturated rings. The molecule has 1 atom stereocenters. The van der Waals surface area contributed by atoms with Crippen molar-refractivity contribution in [3.63, 3.8) is 0 Å². The van der Waals surface area contributed by atoms with E-state index in [4.69, 9.17) is 0 Å². The van der Waals surface area contributed by atoms with E-state index in [-0.39, 0.29) is 12.3 Å². The Hall–Kier alpha value is -1.30. The highest BCUT2D eigenvalue weighted by molar-refractivity contribution is 9.08. The van der Waals surface area contributed by atoms with Crippen molar-refractivity contribution in [3.8, 4) is 0 Å². The minimum absolute atomic E-state index is 0.262. The molecule has 0 spiro atoms. The highest BCUT2D eigenvalue weighted by Gasteiger charge is 2.29. The quantitative estimate of drug-likeness (QED) is 0.513. The fourth-order valence-electron chi connectivity index (χ4n) is 1.80. The molecule has 6 heteroatoms. The molecule has 2 rings (SSSR count). The number of alkyl halides is 1. The third-order valence-corrected chi connectivity index (χ3v) is 3.27. The zero-order valence-corrected chi connectivity index (χ0v) is 10.5. The van der Waals surface area contributed by atoms with Crippen molar-refractivity contribution in [1.29, 1.82) is 0 Å². The van der Waals surface area contributed by atoms with Crippen LogP contribution in [0.1, 0.15) is 30.0 Å². The van der Waals surface area contributed by atoms with Crippen molar-refractivity contribution in [3.05, 3.63) is 29.3 Å². The lowest BCUT2D eigenvalue weighted by molar-refractivity contribution is -0.134. The average molecular weight is 301 g/mol. The highest BCUT2D eigenvalue weighted by atomic mass is 79.9. The Bertz CT molecular complexity index is 479.